The van der Waals surface area contributed by atoms with E-state index in [0.717, 1.165) is 38.4 Å². The molecule has 2 aliphatic heterocycles. The Balaban J connectivity index is 1.65. The van der Waals surface area contributed by atoms with Crippen LogP contribution in [0.1, 0.15) is 12.8 Å². The van der Waals surface area contributed by atoms with Crippen LogP contribution in [0.25, 0.3) is 0 Å². The molecular formula is C14H21N3O. The van der Waals surface area contributed by atoms with E-state index in [2.05, 4.69) is 26.9 Å². The molecule has 4 nitrogen and oxygen atoms in total. The van der Waals surface area contributed by atoms with Crippen molar-refractivity contribution in [2.45, 2.75) is 18.9 Å². The van der Waals surface area contributed by atoms with Gasteiger partial charge in [0.2, 0.25) is 0 Å². The van der Waals surface area contributed by atoms with Gasteiger partial charge in [-0.2, -0.15) is 0 Å². The fourth-order valence-electron chi connectivity index (χ4n) is 3.16. The second-order valence-corrected chi connectivity index (χ2v) is 5.41. The Hall–Kier alpha value is -1.13. The van der Waals surface area contributed by atoms with Crippen molar-refractivity contribution in [1.82, 2.24) is 9.88 Å². The molecule has 0 bridgehead atoms. The minimum atomic E-state index is 0.340. The molecule has 0 amide bonds. The van der Waals surface area contributed by atoms with Crippen molar-refractivity contribution in [3.8, 4) is 0 Å². The molecule has 1 N–H and O–H groups in total. The summed E-state index contributed by atoms with van der Waals surface area (Å²) < 4.78 is 0. The van der Waals surface area contributed by atoms with Crippen molar-refractivity contribution in [2.75, 3.05) is 37.7 Å². The maximum absolute atomic E-state index is 9.26. The predicted octanol–water partition coefficient (Wildman–Crippen LogP) is 0.974. The number of pyridine rings is 1. The van der Waals surface area contributed by atoms with Gasteiger partial charge in [0, 0.05) is 45.0 Å². The fraction of sp³-hybridized carbons (Fsp3) is 0.643. The lowest BCUT2D eigenvalue weighted by Gasteiger charge is -2.46. The number of aliphatic hydroxyl groups excluding tert-OH is 1. The molecule has 98 valence electrons. The first-order chi connectivity index (χ1) is 8.86. The van der Waals surface area contributed by atoms with E-state index in [-0.39, 0.29) is 0 Å². The average molecular weight is 247 g/mol. The number of hydrogen-bond acceptors (Lipinski definition) is 4. The summed E-state index contributed by atoms with van der Waals surface area (Å²) >= 11 is 0. The molecule has 2 atom stereocenters. The van der Waals surface area contributed by atoms with Crippen LogP contribution >= 0.6 is 0 Å². The molecule has 1 aromatic rings. The van der Waals surface area contributed by atoms with E-state index in [4.69, 9.17) is 0 Å². The molecule has 1 aromatic heterocycles. The van der Waals surface area contributed by atoms with Gasteiger partial charge in [-0.05, 0) is 30.9 Å². The van der Waals surface area contributed by atoms with Crippen molar-refractivity contribution in [3.63, 3.8) is 0 Å². The highest BCUT2D eigenvalue weighted by Gasteiger charge is 2.32. The van der Waals surface area contributed by atoms with Gasteiger partial charge in [-0.1, -0.05) is 6.07 Å². The molecule has 2 aliphatic rings. The minimum Gasteiger partial charge on any atom is -0.396 e. The molecule has 3 rings (SSSR count). The number of piperidine rings is 1. The topological polar surface area (TPSA) is 39.6 Å². The van der Waals surface area contributed by atoms with Gasteiger partial charge in [0.25, 0.3) is 0 Å². The lowest BCUT2D eigenvalue weighted by atomic mass is 9.91. The number of fused-ring (bicyclic) bond motifs is 1. The SMILES string of the molecule is OCC1CC[C@H]2CN(c3ccccn3)CCN2C1. The molecule has 0 aromatic carbocycles. The third-order valence-electron chi connectivity index (χ3n) is 4.24. The zero-order valence-corrected chi connectivity index (χ0v) is 10.7. The molecular weight excluding hydrogens is 226 g/mol. The second-order valence-electron chi connectivity index (χ2n) is 5.41. The molecule has 2 fully saturated rings. The highest BCUT2D eigenvalue weighted by molar-refractivity contribution is 5.38. The van der Waals surface area contributed by atoms with E-state index in [1.807, 2.05) is 12.3 Å². The second kappa shape index (κ2) is 5.24. The Morgan fingerprint density at radius 2 is 2.17 bits per heavy atom. The van der Waals surface area contributed by atoms with E-state index < -0.39 is 0 Å². The number of rotatable bonds is 2. The Kier molecular flexibility index (Phi) is 3.48. The highest BCUT2D eigenvalue weighted by atomic mass is 16.3. The lowest BCUT2D eigenvalue weighted by molar-refractivity contribution is 0.0672. The lowest BCUT2D eigenvalue weighted by Crippen LogP contribution is -2.57. The fourth-order valence-corrected chi connectivity index (χ4v) is 3.16. The number of aliphatic hydroxyl groups is 1. The van der Waals surface area contributed by atoms with E-state index in [9.17, 15) is 5.11 Å². The first-order valence-electron chi connectivity index (χ1n) is 6.87. The maximum Gasteiger partial charge on any atom is 0.128 e. The van der Waals surface area contributed by atoms with Crippen LogP contribution in [0.5, 0.6) is 0 Å². The van der Waals surface area contributed by atoms with Crippen molar-refractivity contribution in [2.24, 2.45) is 5.92 Å². The normalized spacial score (nSPS) is 29.1. The van der Waals surface area contributed by atoms with Crippen LogP contribution in [0.4, 0.5) is 5.82 Å². The number of piperazine rings is 1. The Morgan fingerprint density at radius 1 is 1.22 bits per heavy atom. The van der Waals surface area contributed by atoms with Crippen LogP contribution in [0.15, 0.2) is 24.4 Å². The summed E-state index contributed by atoms with van der Waals surface area (Å²) in [7, 11) is 0. The Bertz CT molecular complexity index is 384. The predicted molar refractivity (Wildman–Crippen MR) is 71.6 cm³/mol. The third-order valence-corrected chi connectivity index (χ3v) is 4.24. The van der Waals surface area contributed by atoms with Crippen molar-refractivity contribution in [1.29, 1.82) is 0 Å². The third kappa shape index (κ3) is 2.35. The van der Waals surface area contributed by atoms with Gasteiger partial charge in [0.05, 0.1) is 0 Å². The summed E-state index contributed by atoms with van der Waals surface area (Å²) in [5.41, 5.74) is 0. The molecule has 0 spiro atoms. The van der Waals surface area contributed by atoms with Crippen LogP contribution < -0.4 is 4.90 Å². The van der Waals surface area contributed by atoms with Gasteiger partial charge in [-0.3, -0.25) is 4.90 Å². The summed E-state index contributed by atoms with van der Waals surface area (Å²) in [6, 6.07) is 6.75. The maximum atomic E-state index is 9.26. The average Bonchev–Trinajstić information content (AvgIpc) is 2.47. The molecule has 2 saturated heterocycles. The summed E-state index contributed by atoms with van der Waals surface area (Å²) in [4.78, 5) is 9.37. The number of aromatic nitrogens is 1. The van der Waals surface area contributed by atoms with Gasteiger partial charge < -0.3 is 10.0 Å². The highest BCUT2D eigenvalue weighted by Crippen LogP contribution is 2.26. The first-order valence-corrected chi connectivity index (χ1v) is 6.87. The van der Waals surface area contributed by atoms with Gasteiger partial charge in [-0.25, -0.2) is 4.98 Å². The Labute approximate surface area is 108 Å². The molecule has 0 radical (unpaired) electrons. The number of hydrogen-bond donors (Lipinski definition) is 1. The molecule has 1 unspecified atom stereocenters. The monoisotopic (exact) mass is 247 g/mol. The smallest absolute Gasteiger partial charge is 0.128 e. The number of nitrogens with zero attached hydrogens (tertiary/aromatic N) is 3. The summed E-state index contributed by atoms with van der Waals surface area (Å²) in [5, 5.41) is 9.26. The van der Waals surface area contributed by atoms with Crippen LogP contribution in [-0.4, -0.2) is 53.8 Å². The van der Waals surface area contributed by atoms with E-state index in [0.29, 0.717) is 18.6 Å². The van der Waals surface area contributed by atoms with Gasteiger partial charge in [-0.15, -0.1) is 0 Å². The molecule has 0 saturated carbocycles. The molecule has 3 heterocycles. The summed E-state index contributed by atoms with van der Waals surface area (Å²) in [5.74, 6) is 1.59. The summed E-state index contributed by atoms with van der Waals surface area (Å²) in [6.45, 7) is 4.63. The van der Waals surface area contributed by atoms with Gasteiger partial charge in [0.1, 0.15) is 5.82 Å². The zero-order valence-electron chi connectivity index (χ0n) is 10.7. The first kappa shape index (κ1) is 11.9. The van der Waals surface area contributed by atoms with Crippen LogP contribution in [0.3, 0.4) is 0 Å². The van der Waals surface area contributed by atoms with E-state index in [1.165, 1.54) is 6.42 Å². The molecule has 4 heteroatoms. The van der Waals surface area contributed by atoms with Crippen LogP contribution in [0.2, 0.25) is 0 Å². The zero-order chi connectivity index (χ0) is 12.4. The largest absolute Gasteiger partial charge is 0.396 e. The quantitative estimate of drug-likeness (QED) is 0.845. The van der Waals surface area contributed by atoms with E-state index >= 15 is 0 Å². The van der Waals surface area contributed by atoms with E-state index in [1.54, 1.807) is 0 Å². The number of anilines is 1. The standard InChI is InChI=1S/C14H21N3O/c18-11-12-4-5-13-10-17(8-7-16(13)9-12)14-3-1-2-6-15-14/h1-3,6,12-13,18H,4-5,7-11H2/t12?,13-/m0/s1. The molecule has 0 aliphatic carbocycles. The van der Waals surface area contributed by atoms with Crippen LogP contribution in [0, 0.1) is 5.92 Å². The van der Waals surface area contributed by atoms with Crippen molar-refractivity contribution >= 4 is 5.82 Å². The summed E-state index contributed by atoms with van der Waals surface area (Å²) in [6.07, 6.45) is 4.23. The molecule has 18 heavy (non-hydrogen) atoms. The van der Waals surface area contributed by atoms with Crippen molar-refractivity contribution < 1.29 is 5.11 Å². The van der Waals surface area contributed by atoms with Crippen molar-refractivity contribution in [3.05, 3.63) is 24.4 Å². The minimum absolute atomic E-state index is 0.340. The van der Waals surface area contributed by atoms with Gasteiger partial charge in [0.15, 0.2) is 0 Å². The van der Waals surface area contributed by atoms with Gasteiger partial charge >= 0.3 is 0 Å². The van der Waals surface area contributed by atoms with Crippen LogP contribution in [-0.2, 0) is 0 Å². The Morgan fingerprint density at radius 3 is 2.94 bits per heavy atom.